The summed E-state index contributed by atoms with van der Waals surface area (Å²) in [7, 11) is 1.76. The highest BCUT2D eigenvalue weighted by Crippen LogP contribution is 2.63. The van der Waals surface area contributed by atoms with Crippen molar-refractivity contribution in [2.45, 2.75) is 25.2 Å². The molecule has 0 spiro atoms. The van der Waals surface area contributed by atoms with Crippen molar-refractivity contribution in [3.63, 3.8) is 0 Å². The lowest BCUT2D eigenvalue weighted by Gasteiger charge is -2.18. The number of aromatic amines is 1. The van der Waals surface area contributed by atoms with Gasteiger partial charge in [0.1, 0.15) is 0 Å². The van der Waals surface area contributed by atoms with E-state index >= 15 is 0 Å². The van der Waals surface area contributed by atoms with Gasteiger partial charge in [0.25, 0.3) is 5.92 Å². The number of nitrogens with zero attached hydrogens (tertiary/aromatic N) is 4. The Kier molecular flexibility index (Phi) is 3.00. The van der Waals surface area contributed by atoms with Gasteiger partial charge in [-0.3, -0.25) is 9.48 Å². The summed E-state index contributed by atoms with van der Waals surface area (Å²) in [4.78, 5) is 12.4. The Hall–Kier alpha value is -2.32. The van der Waals surface area contributed by atoms with Crippen molar-refractivity contribution >= 4 is 11.7 Å². The van der Waals surface area contributed by atoms with Crippen LogP contribution in [-0.2, 0) is 11.8 Å². The van der Waals surface area contributed by atoms with E-state index < -0.39 is 23.7 Å². The summed E-state index contributed by atoms with van der Waals surface area (Å²) in [5.41, 5.74) is 1.18. The Morgan fingerprint density at radius 1 is 1.39 bits per heavy atom. The zero-order chi connectivity index (χ0) is 16.2. The van der Waals surface area contributed by atoms with Gasteiger partial charge in [-0.2, -0.15) is 15.4 Å². The van der Waals surface area contributed by atoms with Crippen LogP contribution >= 0.6 is 0 Å². The standard InChI is InChI=1S/C14H16F2N6O/c1-22-10(4-5-17-22)11-12(20-21-19-11)18-13(23)7-2-3-8-9(6-7)14(8,15)16/h4-5,7-9H,2-3,6H2,1H3,(H2,18,19,20,21,23)/t7-,8+,9-/m1/s1. The van der Waals surface area contributed by atoms with Crippen molar-refractivity contribution in [1.29, 1.82) is 0 Å². The fourth-order valence-electron chi connectivity index (χ4n) is 3.54. The maximum atomic E-state index is 13.4. The molecule has 0 aliphatic heterocycles. The highest BCUT2D eigenvalue weighted by molar-refractivity contribution is 5.94. The molecule has 7 nitrogen and oxygen atoms in total. The summed E-state index contributed by atoms with van der Waals surface area (Å²) in [5.74, 6) is -4.13. The van der Waals surface area contributed by atoms with Crippen LogP contribution in [0.3, 0.4) is 0 Å². The van der Waals surface area contributed by atoms with Crippen molar-refractivity contribution in [3.8, 4) is 11.4 Å². The van der Waals surface area contributed by atoms with Gasteiger partial charge in [-0.1, -0.05) is 0 Å². The molecule has 0 saturated heterocycles. The van der Waals surface area contributed by atoms with Gasteiger partial charge in [0.2, 0.25) is 5.91 Å². The summed E-state index contributed by atoms with van der Waals surface area (Å²) in [6.45, 7) is 0. The fraction of sp³-hybridized carbons (Fsp3) is 0.571. The van der Waals surface area contributed by atoms with Crippen LogP contribution in [0.25, 0.3) is 11.4 Å². The van der Waals surface area contributed by atoms with Crippen molar-refractivity contribution in [2.75, 3.05) is 5.32 Å². The number of aromatic nitrogens is 5. The average molecular weight is 322 g/mol. The van der Waals surface area contributed by atoms with E-state index in [1.807, 2.05) is 0 Å². The quantitative estimate of drug-likeness (QED) is 0.902. The number of halogens is 2. The minimum absolute atomic E-state index is 0.238. The maximum Gasteiger partial charge on any atom is 0.254 e. The van der Waals surface area contributed by atoms with Crippen LogP contribution in [0.15, 0.2) is 12.3 Å². The first kappa shape index (κ1) is 14.3. The van der Waals surface area contributed by atoms with E-state index in [1.165, 1.54) is 0 Å². The molecule has 0 unspecified atom stereocenters. The normalized spacial score (nSPS) is 28.2. The first-order chi connectivity index (χ1) is 11.0. The number of carbonyl (C=O) groups excluding carboxylic acids is 1. The van der Waals surface area contributed by atoms with Crippen LogP contribution in [0.4, 0.5) is 14.6 Å². The van der Waals surface area contributed by atoms with Crippen molar-refractivity contribution in [3.05, 3.63) is 12.3 Å². The van der Waals surface area contributed by atoms with Crippen LogP contribution in [-0.4, -0.2) is 37.0 Å². The van der Waals surface area contributed by atoms with Crippen LogP contribution in [0.2, 0.25) is 0 Å². The summed E-state index contributed by atoms with van der Waals surface area (Å²) in [6, 6.07) is 1.75. The number of rotatable bonds is 3. The number of fused-ring (bicyclic) bond motifs is 1. The van der Waals surface area contributed by atoms with Gasteiger partial charge in [0, 0.05) is 31.0 Å². The summed E-state index contributed by atoms with van der Waals surface area (Å²) >= 11 is 0. The zero-order valence-corrected chi connectivity index (χ0v) is 12.5. The lowest BCUT2D eigenvalue weighted by atomic mass is 9.88. The average Bonchev–Trinajstić information content (AvgIpc) is 2.93. The van der Waals surface area contributed by atoms with E-state index in [0.29, 0.717) is 30.0 Å². The van der Waals surface area contributed by atoms with Gasteiger partial charge in [0.15, 0.2) is 11.5 Å². The van der Waals surface area contributed by atoms with Gasteiger partial charge in [-0.15, -0.1) is 5.10 Å². The third-order valence-electron chi connectivity index (χ3n) is 4.95. The largest absolute Gasteiger partial charge is 0.307 e. The number of hydrogen-bond donors (Lipinski definition) is 2. The van der Waals surface area contributed by atoms with Gasteiger partial charge >= 0.3 is 0 Å². The molecule has 3 atom stereocenters. The topological polar surface area (TPSA) is 88.5 Å². The molecule has 2 aliphatic carbocycles. The van der Waals surface area contributed by atoms with E-state index in [9.17, 15) is 13.6 Å². The summed E-state index contributed by atoms with van der Waals surface area (Å²) in [5, 5.41) is 17.2. The molecule has 122 valence electrons. The Morgan fingerprint density at radius 3 is 2.91 bits per heavy atom. The second-order valence-corrected chi connectivity index (χ2v) is 6.25. The molecule has 4 rings (SSSR count). The van der Waals surface area contributed by atoms with Gasteiger partial charge in [-0.25, -0.2) is 8.78 Å². The maximum absolute atomic E-state index is 13.4. The van der Waals surface area contributed by atoms with E-state index in [-0.39, 0.29) is 12.3 Å². The minimum atomic E-state index is -2.58. The van der Waals surface area contributed by atoms with E-state index in [0.717, 1.165) is 0 Å². The Labute approximate surface area is 130 Å². The molecule has 23 heavy (non-hydrogen) atoms. The molecule has 2 heterocycles. The summed E-state index contributed by atoms with van der Waals surface area (Å²) < 4.78 is 28.5. The third-order valence-corrected chi connectivity index (χ3v) is 4.95. The van der Waals surface area contributed by atoms with Crippen molar-refractivity contribution in [1.82, 2.24) is 25.2 Å². The predicted molar refractivity (Wildman–Crippen MR) is 76.5 cm³/mol. The van der Waals surface area contributed by atoms with Crippen LogP contribution < -0.4 is 5.32 Å². The van der Waals surface area contributed by atoms with Gasteiger partial charge < -0.3 is 5.32 Å². The smallest absolute Gasteiger partial charge is 0.254 e. The monoisotopic (exact) mass is 322 g/mol. The molecule has 0 aromatic carbocycles. The van der Waals surface area contributed by atoms with Crippen molar-refractivity contribution < 1.29 is 13.6 Å². The number of aryl methyl sites for hydroxylation is 1. The molecule has 0 bridgehead atoms. The van der Waals surface area contributed by atoms with E-state index in [4.69, 9.17) is 0 Å². The molecule has 2 fully saturated rings. The van der Waals surface area contributed by atoms with Crippen LogP contribution in [0.1, 0.15) is 19.3 Å². The minimum Gasteiger partial charge on any atom is -0.307 e. The Bertz CT molecular complexity index is 754. The molecular weight excluding hydrogens is 306 g/mol. The molecule has 2 aliphatic rings. The van der Waals surface area contributed by atoms with E-state index in [2.05, 4.69) is 25.8 Å². The number of alkyl halides is 2. The van der Waals surface area contributed by atoms with Crippen molar-refractivity contribution in [2.24, 2.45) is 24.8 Å². The summed E-state index contributed by atoms with van der Waals surface area (Å²) in [6.07, 6.45) is 2.75. The first-order valence-electron chi connectivity index (χ1n) is 7.56. The third kappa shape index (κ3) is 2.22. The highest BCUT2D eigenvalue weighted by Gasteiger charge is 2.69. The molecule has 2 N–H and O–H groups in total. The lowest BCUT2D eigenvalue weighted by molar-refractivity contribution is -0.120. The Morgan fingerprint density at radius 2 is 2.22 bits per heavy atom. The lowest BCUT2D eigenvalue weighted by Crippen LogP contribution is -2.26. The number of H-pyrrole nitrogens is 1. The molecule has 2 aromatic heterocycles. The highest BCUT2D eigenvalue weighted by atomic mass is 19.3. The fourth-order valence-corrected chi connectivity index (χ4v) is 3.54. The van der Waals surface area contributed by atoms with Gasteiger partial charge in [0.05, 0.1) is 5.69 Å². The molecule has 2 aromatic rings. The second-order valence-electron chi connectivity index (χ2n) is 6.25. The second kappa shape index (κ2) is 4.84. The van der Waals surface area contributed by atoms with Crippen LogP contribution in [0.5, 0.6) is 0 Å². The molecular formula is C14H16F2N6O. The Balaban J connectivity index is 1.48. The predicted octanol–water partition coefficient (Wildman–Crippen LogP) is 1.83. The van der Waals surface area contributed by atoms with Gasteiger partial charge in [-0.05, 0) is 25.3 Å². The number of carbonyl (C=O) groups is 1. The molecule has 1 amide bonds. The molecule has 2 saturated carbocycles. The van der Waals surface area contributed by atoms with E-state index in [1.54, 1.807) is 24.0 Å². The van der Waals surface area contributed by atoms with Crippen LogP contribution in [0, 0.1) is 17.8 Å². The number of hydrogen-bond acceptors (Lipinski definition) is 4. The molecule has 0 radical (unpaired) electrons. The molecule has 9 heteroatoms. The number of anilines is 1. The number of amides is 1. The first-order valence-corrected chi connectivity index (χ1v) is 7.56. The zero-order valence-electron chi connectivity index (χ0n) is 12.5. The SMILES string of the molecule is Cn1nccc1-c1n[nH]nc1NC(=O)[C@@H]1CC[C@H]2[C@@H](C1)C2(F)F. The number of nitrogens with one attached hydrogen (secondary N) is 2.